The van der Waals surface area contributed by atoms with Gasteiger partial charge in [-0.2, -0.15) is 10.4 Å². The van der Waals surface area contributed by atoms with Crippen LogP contribution in [0, 0.1) is 11.3 Å². The molecule has 0 bridgehead atoms. The number of carboxylic acids is 1. The van der Waals surface area contributed by atoms with Gasteiger partial charge in [0.05, 0.1) is 6.07 Å². The fourth-order valence-electron chi connectivity index (χ4n) is 3.06. The van der Waals surface area contributed by atoms with Gasteiger partial charge >= 0.3 is 5.97 Å². The molecule has 2 rings (SSSR count). The first-order valence-corrected chi connectivity index (χ1v) is 7.39. The quantitative estimate of drug-likeness (QED) is 0.864. The molecule has 0 aliphatic heterocycles. The summed E-state index contributed by atoms with van der Waals surface area (Å²) < 4.78 is 1.85. The molecule has 1 heterocycles. The van der Waals surface area contributed by atoms with E-state index in [0.717, 1.165) is 50.0 Å². The molecule has 0 fully saturated rings. The van der Waals surface area contributed by atoms with Crippen LogP contribution in [0.15, 0.2) is 0 Å². The molecule has 1 N–H and O–H groups in total. The van der Waals surface area contributed by atoms with Crippen LogP contribution in [0.3, 0.4) is 0 Å². The number of carbonyl (C=O) groups is 1. The zero-order chi connectivity index (χ0) is 15.4. The predicted molar refractivity (Wildman–Crippen MR) is 78.3 cm³/mol. The lowest BCUT2D eigenvalue weighted by molar-refractivity contribution is 0.0687. The topological polar surface area (TPSA) is 82.2 Å². The Kier molecular flexibility index (Phi) is 4.97. The van der Waals surface area contributed by atoms with E-state index in [-0.39, 0.29) is 11.6 Å². The molecule has 6 nitrogen and oxygen atoms in total. The lowest BCUT2D eigenvalue weighted by Gasteiger charge is -2.21. The highest BCUT2D eigenvalue weighted by Gasteiger charge is 2.31. The van der Waals surface area contributed by atoms with Gasteiger partial charge in [-0.3, -0.25) is 4.68 Å². The first kappa shape index (κ1) is 15.5. The van der Waals surface area contributed by atoms with Crippen molar-refractivity contribution in [3.05, 3.63) is 17.0 Å². The summed E-state index contributed by atoms with van der Waals surface area (Å²) in [5, 5.41) is 22.6. The third-order valence-corrected chi connectivity index (χ3v) is 3.99. The number of fused-ring (bicyclic) bond motifs is 1. The molecule has 0 amide bonds. The maximum absolute atomic E-state index is 11.5. The number of aromatic nitrogens is 2. The molecule has 0 saturated heterocycles. The van der Waals surface area contributed by atoms with Gasteiger partial charge in [0.1, 0.15) is 0 Å². The second-order valence-electron chi connectivity index (χ2n) is 5.85. The van der Waals surface area contributed by atoms with Gasteiger partial charge in [0.25, 0.3) is 0 Å². The molecule has 21 heavy (non-hydrogen) atoms. The number of hydrogen-bond donors (Lipinski definition) is 1. The van der Waals surface area contributed by atoms with Crippen molar-refractivity contribution in [2.45, 2.75) is 44.6 Å². The van der Waals surface area contributed by atoms with Gasteiger partial charge in [-0.05, 0) is 46.3 Å². The molecular formula is C15H22N4O2. The number of nitriles is 1. The van der Waals surface area contributed by atoms with Gasteiger partial charge < -0.3 is 10.0 Å². The predicted octanol–water partition coefficient (Wildman–Crippen LogP) is 1.87. The number of hydrogen-bond acceptors (Lipinski definition) is 4. The molecule has 6 heteroatoms. The van der Waals surface area contributed by atoms with Gasteiger partial charge in [-0.1, -0.05) is 0 Å². The molecule has 1 aromatic heterocycles. The van der Waals surface area contributed by atoms with Gasteiger partial charge in [-0.25, -0.2) is 4.79 Å². The average molecular weight is 290 g/mol. The summed E-state index contributed by atoms with van der Waals surface area (Å²) in [6.45, 7) is 1.67. The highest BCUT2D eigenvalue weighted by atomic mass is 16.4. The van der Waals surface area contributed by atoms with Crippen molar-refractivity contribution in [2.75, 3.05) is 20.6 Å². The Hall–Kier alpha value is -1.87. The molecule has 1 aliphatic rings. The summed E-state index contributed by atoms with van der Waals surface area (Å²) in [5.41, 5.74) is 1.98. The van der Waals surface area contributed by atoms with Crippen molar-refractivity contribution in [3.63, 3.8) is 0 Å². The molecule has 114 valence electrons. The van der Waals surface area contributed by atoms with E-state index < -0.39 is 5.97 Å². The molecule has 0 aromatic carbocycles. The smallest absolute Gasteiger partial charge is 0.356 e. The minimum atomic E-state index is -0.984. The van der Waals surface area contributed by atoms with E-state index in [1.54, 1.807) is 0 Å². The first-order chi connectivity index (χ1) is 10.0. The van der Waals surface area contributed by atoms with Crippen molar-refractivity contribution in [2.24, 2.45) is 0 Å². The van der Waals surface area contributed by atoms with Crippen LogP contribution >= 0.6 is 0 Å². The van der Waals surface area contributed by atoms with Crippen LogP contribution in [0.1, 0.15) is 53.3 Å². The van der Waals surface area contributed by atoms with Crippen LogP contribution < -0.4 is 0 Å². The van der Waals surface area contributed by atoms with E-state index in [4.69, 9.17) is 5.26 Å². The zero-order valence-corrected chi connectivity index (χ0v) is 12.7. The van der Waals surface area contributed by atoms with Crippen molar-refractivity contribution in [3.8, 4) is 6.07 Å². The first-order valence-electron chi connectivity index (χ1n) is 7.39. The van der Waals surface area contributed by atoms with Gasteiger partial charge in [-0.15, -0.1) is 0 Å². The number of rotatable bonds is 6. The standard InChI is InChI=1S/C15H22N4O2/c1-18(2)9-4-10-19-12-6-3-5-11(7-8-16)13(12)14(17-19)15(20)21/h11H,3-7,9-10H2,1-2H3,(H,20,21). The van der Waals surface area contributed by atoms with Gasteiger partial charge in [0.2, 0.25) is 0 Å². The Morgan fingerprint density at radius 3 is 2.95 bits per heavy atom. The minimum absolute atomic E-state index is 0.0208. The van der Waals surface area contributed by atoms with Crippen LogP contribution in [0.2, 0.25) is 0 Å². The Morgan fingerprint density at radius 1 is 1.57 bits per heavy atom. The van der Waals surface area contributed by atoms with Gasteiger partial charge in [0.15, 0.2) is 5.69 Å². The van der Waals surface area contributed by atoms with E-state index in [9.17, 15) is 9.90 Å². The van der Waals surface area contributed by atoms with Crippen LogP contribution in [-0.4, -0.2) is 46.4 Å². The molecule has 0 radical (unpaired) electrons. The van der Waals surface area contributed by atoms with E-state index in [1.807, 2.05) is 18.8 Å². The summed E-state index contributed by atoms with van der Waals surface area (Å²) in [6, 6.07) is 2.18. The van der Waals surface area contributed by atoms with E-state index in [2.05, 4.69) is 16.1 Å². The van der Waals surface area contributed by atoms with E-state index in [0.29, 0.717) is 6.42 Å². The maximum Gasteiger partial charge on any atom is 0.356 e. The van der Waals surface area contributed by atoms with Crippen LogP contribution in [0.4, 0.5) is 0 Å². The fourth-order valence-corrected chi connectivity index (χ4v) is 3.06. The van der Waals surface area contributed by atoms with Crippen molar-refractivity contribution in [1.82, 2.24) is 14.7 Å². The van der Waals surface area contributed by atoms with Crippen molar-refractivity contribution >= 4 is 5.97 Å². The summed E-state index contributed by atoms with van der Waals surface area (Å²) in [6.07, 6.45) is 4.04. The summed E-state index contributed by atoms with van der Waals surface area (Å²) in [4.78, 5) is 13.6. The van der Waals surface area contributed by atoms with Crippen LogP contribution in [0.25, 0.3) is 0 Å². The fraction of sp³-hybridized carbons (Fsp3) is 0.667. The minimum Gasteiger partial charge on any atom is -0.476 e. The van der Waals surface area contributed by atoms with E-state index in [1.165, 1.54) is 0 Å². The Labute approximate surface area is 125 Å². The van der Waals surface area contributed by atoms with E-state index >= 15 is 0 Å². The molecule has 1 aliphatic carbocycles. The molecule has 0 spiro atoms. The van der Waals surface area contributed by atoms with Crippen molar-refractivity contribution in [1.29, 1.82) is 5.26 Å². The third kappa shape index (κ3) is 3.42. The molecular weight excluding hydrogens is 268 g/mol. The summed E-state index contributed by atoms with van der Waals surface area (Å²) >= 11 is 0. The number of carboxylic acid groups (broad SMARTS) is 1. The zero-order valence-electron chi connectivity index (χ0n) is 12.7. The SMILES string of the molecule is CN(C)CCCn1nc(C(=O)O)c2c1CCCC2CC#N. The van der Waals surface area contributed by atoms with Gasteiger partial charge in [0, 0.05) is 30.1 Å². The monoisotopic (exact) mass is 290 g/mol. The summed E-state index contributed by atoms with van der Waals surface area (Å²) in [5.74, 6) is -0.963. The second kappa shape index (κ2) is 6.72. The van der Waals surface area contributed by atoms with Crippen molar-refractivity contribution < 1.29 is 9.90 Å². The lowest BCUT2D eigenvalue weighted by Crippen LogP contribution is -2.17. The Morgan fingerprint density at radius 2 is 2.33 bits per heavy atom. The molecule has 1 unspecified atom stereocenters. The number of aromatic carboxylic acids is 1. The highest BCUT2D eigenvalue weighted by molar-refractivity contribution is 5.87. The molecule has 1 aromatic rings. The third-order valence-electron chi connectivity index (χ3n) is 3.99. The molecule has 1 atom stereocenters. The number of aryl methyl sites for hydroxylation is 1. The average Bonchev–Trinajstić information content (AvgIpc) is 2.79. The van der Waals surface area contributed by atoms with Crippen LogP contribution in [-0.2, 0) is 13.0 Å². The Balaban J connectivity index is 2.29. The van der Waals surface area contributed by atoms with Crippen LogP contribution in [0.5, 0.6) is 0 Å². The number of nitrogens with zero attached hydrogens (tertiary/aromatic N) is 4. The second-order valence-corrected chi connectivity index (χ2v) is 5.85. The lowest BCUT2D eigenvalue weighted by atomic mass is 9.83. The Bertz CT molecular complexity index is 557. The largest absolute Gasteiger partial charge is 0.476 e. The highest BCUT2D eigenvalue weighted by Crippen LogP contribution is 2.36. The summed E-state index contributed by atoms with van der Waals surface area (Å²) in [7, 11) is 4.04. The maximum atomic E-state index is 11.5. The molecule has 0 saturated carbocycles. The normalized spacial score (nSPS) is 17.5.